The Hall–Kier alpha value is -4.06. The van der Waals surface area contributed by atoms with Crippen molar-refractivity contribution < 1.29 is 15.0 Å². The summed E-state index contributed by atoms with van der Waals surface area (Å²) >= 11 is 0. The molecular weight excluding hydrogens is 366 g/mol. The van der Waals surface area contributed by atoms with Crippen LogP contribution in [0.15, 0.2) is 77.3 Å². The van der Waals surface area contributed by atoms with E-state index in [1.54, 1.807) is 49.4 Å². The fourth-order valence-electron chi connectivity index (χ4n) is 3.05. The number of nitrogens with two attached hydrogens (primary N) is 2. The van der Waals surface area contributed by atoms with Gasteiger partial charge >= 0.3 is 0 Å². The third-order valence-electron chi connectivity index (χ3n) is 4.35. The Morgan fingerprint density at radius 2 is 1.34 bits per heavy atom. The minimum atomic E-state index is -0.544. The second-order valence-electron chi connectivity index (χ2n) is 6.54. The van der Waals surface area contributed by atoms with Crippen molar-refractivity contribution in [2.24, 2.45) is 16.5 Å². The lowest BCUT2D eigenvalue weighted by atomic mass is 9.90. The second kappa shape index (κ2) is 8.31. The molecule has 0 saturated carbocycles. The van der Waals surface area contributed by atoms with Crippen LogP contribution < -0.4 is 11.5 Å². The van der Waals surface area contributed by atoms with Gasteiger partial charge in [0.05, 0.1) is 0 Å². The average molecular weight is 387 g/mol. The van der Waals surface area contributed by atoms with E-state index < -0.39 is 5.91 Å². The van der Waals surface area contributed by atoms with Crippen molar-refractivity contribution in [3.05, 3.63) is 77.9 Å². The van der Waals surface area contributed by atoms with E-state index in [0.717, 1.165) is 27.8 Å². The maximum absolute atomic E-state index is 12.3. The lowest BCUT2D eigenvalue weighted by Gasteiger charge is -2.14. The van der Waals surface area contributed by atoms with Gasteiger partial charge in [0, 0.05) is 5.57 Å². The number of rotatable bonds is 4. The molecule has 3 aromatic carbocycles. The fourth-order valence-corrected chi connectivity index (χ4v) is 3.05. The fraction of sp³-hybridized carbons (Fsp3) is 0.0435. The predicted molar refractivity (Wildman–Crippen MR) is 115 cm³/mol. The largest absolute Gasteiger partial charge is 0.508 e. The Bertz CT molecular complexity index is 1070. The topological polar surface area (TPSA) is 122 Å². The summed E-state index contributed by atoms with van der Waals surface area (Å²) in [6.07, 6.45) is 1.70. The Morgan fingerprint density at radius 1 is 0.862 bits per heavy atom. The van der Waals surface area contributed by atoms with Crippen LogP contribution in [0.4, 0.5) is 0 Å². The van der Waals surface area contributed by atoms with Gasteiger partial charge in [-0.15, -0.1) is 0 Å². The predicted octanol–water partition coefficient (Wildman–Crippen LogP) is 3.64. The number of phenols is 2. The van der Waals surface area contributed by atoms with E-state index in [2.05, 4.69) is 4.99 Å². The van der Waals surface area contributed by atoms with E-state index >= 15 is 0 Å². The summed E-state index contributed by atoms with van der Waals surface area (Å²) in [6, 6.07) is 19.4. The molecule has 6 nitrogen and oxygen atoms in total. The summed E-state index contributed by atoms with van der Waals surface area (Å²) in [7, 11) is 0. The van der Waals surface area contributed by atoms with Crippen molar-refractivity contribution in [3.63, 3.8) is 0 Å². The maximum Gasteiger partial charge on any atom is 0.275 e. The maximum atomic E-state index is 12.3. The Balaban J connectivity index is 2.26. The Kier molecular flexibility index (Phi) is 5.64. The van der Waals surface area contributed by atoms with Crippen LogP contribution in [0.2, 0.25) is 0 Å². The Morgan fingerprint density at radius 3 is 1.79 bits per heavy atom. The van der Waals surface area contributed by atoms with Crippen molar-refractivity contribution in [2.45, 2.75) is 6.92 Å². The second-order valence-corrected chi connectivity index (χ2v) is 6.54. The van der Waals surface area contributed by atoms with E-state index in [-0.39, 0.29) is 17.5 Å². The summed E-state index contributed by atoms with van der Waals surface area (Å²) in [5.41, 5.74) is 14.9. The minimum absolute atomic E-state index is 0.133. The summed E-state index contributed by atoms with van der Waals surface area (Å²) in [6.45, 7) is 1.63. The molecule has 146 valence electrons. The molecule has 6 heteroatoms. The summed E-state index contributed by atoms with van der Waals surface area (Å²) in [4.78, 5) is 15.9. The van der Waals surface area contributed by atoms with E-state index in [1.165, 1.54) is 0 Å². The molecule has 0 aliphatic heterocycles. The van der Waals surface area contributed by atoms with Gasteiger partial charge in [0.25, 0.3) is 5.91 Å². The lowest BCUT2D eigenvalue weighted by Crippen LogP contribution is -2.24. The van der Waals surface area contributed by atoms with E-state index in [1.807, 2.05) is 30.3 Å². The molecule has 3 rings (SSSR count). The molecule has 29 heavy (non-hydrogen) atoms. The van der Waals surface area contributed by atoms with E-state index in [9.17, 15) is 15.0 Å². The molecule has 0 atom stereocenters. The van der Waals surface area contributed by atoms with Crippen LogP contribution in [0.5, 0.6) is 11.5 Å². The first-order valence-corrected chi connectivity index (χ1v) is 8.89. The van der Waals surface area contributed by atoms with Crippen LogP contribution in [0.1, 0.15) is 12.5 Å². The van der Waals surface area contributed by atoms with Gasteiger partial charge in [-0.05, 0) is 65.1 Å². The van der Waals surface area contributed by atoms with Crippen molar-refractivity contribution in [1.29, 1.82) is 0 Å². The molecule has 0 spiro atoms. The molecule has 0 radical (unpaired) electrons. The van der Waals surface area contributed by atoms with Crippen LogP contribution in [0.25, 0.3) is 28.3 Å². The smallest absolute Gasteiger partial charge is 0.275 e. The number of amides is 1. The lowest BCUT2D eigenvalue weighted by molar-refractivity contribution is -0.114. The van der Waals surface area contributed by atoms with Gasteiger partial charge in [0.2, 0.25) is 0 Å². The average Bonchev–Trinajstić information content (AvgIpc) is 2.67. The van der Waals surface area contributed by atoms with E-state index in [0.29, 0.717) is 5.57 Å². The standard InChI is InChI=1S/C23H21N3O3/c1-14(22(29)26-23(24)25)11-21-19(15-5-2-7-17(27)12-15)9-4-10-20(21)16-6-3-8-18(28)13-16/h2-13,27-28H,1H3,(H4,24,25,26,29). The molecule has 3 aromatic rings. The van der Waals surface area contributed by atoms with Crippen LogP contribution in [0, 0.1) is 0 Å². The van der Waals surface area contributed by atoms with Gasteiger partial charge in [0.1, 0.15) is 11.5 Å². The highest BCUT2D eigenvalue weighted by Crippen LogP contribution is 2.36. The van der Waals surface area contributed by atoms with Crippen LogP contribution in [-0.4, -0.2) is 22.1 Å². The molecule has 0 unspecified atom stereocenters. The highest BCUT2D eigenvalue weighted by molar-refractivity contribution is 6.05. The zero-order chi connectivity index (χ0) is 21.0. The van der Waals surface area contributed by atoms with Gasteiger partial charge in [-0.3, -0.25) is 4.79 Å². The van der Waals surface area contributed by atoms with Gasteiger partial charge in [-0.1, -0.05) is 42.5 Å². The number of carbonyl (C=O) groups excluding carboxylic acids is 1. The van der Waals surface area contributed by atoms with Gasteiger partial charge in [-0.2, -0.15) is 4.99 Å². The third kappa shape index (κ3) is 4.62. The number of aliphatic imine (C=N–C) groups is 1. The molecule has 0 heterocycles. The zero-order valence-electron chi connectivity index (χ0n) is 15.8. The number of guanidine groups is 1. The molecule has 6 N–H and O–H groups in total. The van der Waals surface area contributed by atoms with Crippen LogP contribution in [0.3, 0.4) is 0 Å². The van der Waals surface area contributed by atoms with Crippen molar-refractivity contribution in [1.82, 2.24) is 0 Å². The quantitative estimate of drug-likeness (QED) is 0.309. The summed E-state index contributed by atoms with van der Waals surface area (Å²) in [5, 5.41) is 19.8. The van der Waals surface area contributed by atoms with Crippen molar-refractivity contribution in [2.75, 3.05) is 0 Å². The number of carbonyl (C=O) groups is 1. The highest BCUT2D eigenvalue weighted by atomic mass is 16.3. The highest BCUT2D eigenvalue weighted by Gasteiger charge is 2.13. The van der Waals surface area contributed by atoms with E-state index in [4.69, 9.17) is 11.5 Å². The molecule has 1 amide bonds. The van der Waals surface area contributed by atoms with Gasteiger partial charge in [0.15, 0.2) is 5.96 Å². The minimum Gasteiger partial charge on any atom is -0.508 e. The molecule has 0 aliphatic rings. The number of nitrogens with zero attached hydrogens (tertiary/aromatic N) is 1. The molecule has 0 aliphatic carbocycles. The number of hydrogen-bond acceptors (Lipinski definition) is 3. The first kappa shape index (κ1) is 19.7. The first-order valence-electron chi connectivity index (χ1n) is 8.89. The van der Waals surface area contributed by atoms with Crippen LogP contribution in [-0.2, 0) is 4.79 Å². The molecule has 0 saturated heterocycles. The van der Waals surface area contributed by atoms with Crippen LogP contribution >= 0.6 is 0 Å². The zero-order valence-corrected chi connectivity index (χ0v) is 15.8. The van der Waals surface area contributed by atoms with Crippen molar-refractivity contribution in [3.8, 4) is 33.8 Å². The molecular formula is C23H21N3O3. The van der Waals surface area contributed by atoms with Gasteiger partial charge in [-0.25, -0.2) is 0 Å². The van der Waals surface area contributed by atoms with Gasteiger partial charge < -0.3 is 21.7 Å². The summed E-state index contributed by atoms with van der Waals surface area (Å²) < 4.78 is 0. The summed E-state index contributed by atoms with van der Waals surface area (Å²) in [5.74, 6) is -0.586. The molecule has 0 bridgehead atoms. The molecule has 0 fully saturated rings. The number of hydrogen-bond donors (Lipinski definition) is 4. The SMILES string of the molecule is CC(=Cc1c(-c2cccc(O)c2)cccc1-c1cccc(O)c1)C(=O)N=C(N)N. The number of phenolic OH excluding ortho intramolecular Hbond substituents is 2. The third-order valence-corrected chi connectivity index (χ3v) is 4.35. The number of aromatic hydroxyl groups is 2. The normalized spacial score (nSPS) is 11.1. The monoisotopic (exact) mass is 387 g/mol. The first-order chi connectivity index (χ1) is 13.8. The molecule has 0 aromatic heterocycles. The number of benzene rings is 3. The van der Waals surface area contributed by atoms with Crippen molar-refractivity contribution >= 4 is 17.9 Å². The Labute approximate surface area is 168 Å².